The number of alkyl halides is 2. The van der Waals surface area contributed by atoms with Crippen molar-refractivity contribution in [2.45, 2.75) is 39.1 Å². The molecular formula is C25H26F3N5O5. The summed E-state index contributed by atoms with van der Waals surface area (Å²) in [6, 6.07) is 9.80. The van der Waals surface area contributed by atoms with Gasteiger partial charge in [-0.3, -0.25) is 4.79 Å². The van der Waals surface area contributed by atoms with E-state index in [1.165, 1.54) is 52.2 Å². The van der Waals surface area contributed by atoms with Crippen molar-refractivity contribution in [1.29, 1.82) is 0 Å². The summed E-state index contributed by atoms with van der Waals surface area (Å²) in [6.45, 7) is 3.20. The second kappa shape index (κ2) is 11.1. The van der Waals surface area contributed by atoms with E-state index in [9.17, 15) is 22.8 Å². The van der Waals surface area contributed by atoms with Gasteiger partial charge in [-0.25, -0.2) is 13.9 Å². The largest absolute Gasteiger partial charge is 0.444 e. The molecule has 38 heavy (non-hydrogen) atoms. The quantitative estimate of drug-likeness (QED) is 0.495. The Hall–Kier alpha value is -4.13. The Morgan fingerprint density at radius 3 is 2.55 bits per heavy atom. The summed E-state index contributed by atoms with van der Waals surface area (Å²) in [5, 5.41) is 10.1. The zero-order valence-corrected chi connectivity index (χ0v) is 20.9. The van der Waals surface area contributed by atoms with Gasteiger partial charge in [-0.15, -0.1) is 5.10 Å². The van der Waals surface area contributed by atoms with Gasteiger partial charge < -0.3 is 24.4 Å². The Balaban J connectivity index is 1.39. The number of benzene rings is 2. The van der Waals surface area contributed by atoms with Gasteiger partial charge >= 0.3 is 12.7 Å². The van der Waals surface area contributed by atoms with Crippen LogP contribution in [0.1, 0.15) is 42.9 Å². The van der Waals surface area contributed by atoms with Crippen LogP contribution in [0.3, 0.4) is 0 Å². The van der Waals surface area contributed by atoms with Crippen molar-refractivity contribution in [3.8, 4) is 11.4 Å². The van der Waals surface area contributed by atoms with Crippen LogP contribution in [-0.4, -0.2) is 63.8 Å². The van der Waals surface area contributed by atoms with Gasteiger partial charge in [0, 0.05) is 6.54 Å². The van der Waals surface area contributed by atoms with Crippen LogP contribution in [0.15, 0.2) is 48.7 Å². The van der Waals surface area contributed by atoms with Gasteiger partial charge in [0.25, 0.3) is 5.91 Å². The predicted molar refractivity (Wildman–Crippen MR) is 129 cm³/mol. The molecule has 0 radical (unpaired) electrons. The molecule has 0 spiro atoms. The number of hydrogen-bond acceptors (Lipinski definition) is 7. The van der Waals surface area contributed by atoms with Crippen molar-refractivity contribution in [3.63, 3.8) is 0 Å². The van der Waals surface area contributed by atoms with Crippen LogP contribution in [0.2, 0.25) is 0 Å². The molecule has 2 amide bonds. The summed E-state index contributed by atoms with van der Waals surface area (Å²) in [7, 11) is 0. The average molecular weight is 534 g/mol. The number of rotatable bonds is 6. The topological polar surface area (TPSA) is 108 Å². The van der Waals surface area contributed by atoms with Gasteiger partial charge in [-0.2, -0.15) is 8.78 Å². The number of carbonyl (C=O) groups excluding carboxylic acids is 2. The second-order valence-corrected chi connectivity index (χ2v) is 9.40. The highest BCUT2D eigenvalue weighted by molar-refractivity contribution is 6.02. The number of aromatic nitrogens is 3. The van der Waals surface area contributed by atoms with Gasteiger partial charge in [0.2, 0.25) is 0 Å². The highest BCUT2D eigenvalue weighted by atomic mass is 19.3. The number of nitrogens with one attached hydrogen (secondary N) is 1. The molecule has 1 saturated heterocycles. The molecule has 13 heteroatoms. The Kier molecular flexibility index (Phi) is 7.86. The zero-order chi connectivity index (χ0) is 27.4. The molecule has 0 unspecified atom stereocenters. The third-order valence-corrected chi connectivity index (χ3v) is 5.38. The van der Waals surface area contributed by atoms with E-state index in [1.807, 2.05) is 0 Å². The summed E-state index contributed by atoms with van der Waals surface area (Å²) in [5.41, 5.74) is 0.130. The maximum atomic E-state index is 14.9. The van der Waals surface area contributed by atoms with E-state index in [0.717, 1.165) is 0 Å². The molecule has 1 fully saturated rings. The third-order valence-electron chi connectivity index (χ3n) is 5.38. The predicted octanol–water partition coefficient (Wildman–Crippen LogP) is 4.57. The second-order valence-electron chi connectivity index (χ2n) is 9.40. The Bertz CT molecular complexity index is 1290. The molecule has 1 aromatic heterocycles. The lowest BCUT2D eigenvalue weighted by Gasteiger charge is -2.34. The Morgan fingerprint density at radius 1 is 1.16 bits per heavy atom. The fourth-order valence-electron chi connectivity index (χ4n) is 3.64. The molecule has 2 heterocycles. The van der Waals surface area contributed by atoms with Crippen LogP contribution in [0.4, 0.5) is 23.7 Å². The first-order chi connectivity index (χ1) is 18.0. The molecular weight excluding hydrogens is 507 g/mol. The molecule has 3 aromatic rings. The fourth-order valence-corrected chi connectivity index (χ4v) is 3.64. The first kappa shape index (κ1) is 26.9. The Labute approximate surface area is 216 Å². The summed E-state index contributed by atoms with van der Waals surface area (Å²) >= 11 is 0. The molecule has 1 atom stereocenters. The molecule has 202 valence electrons. The molecule has 0 bridgehead atoms. The first-order valence-corrected chi connectivity index (χ1v) is 11.7. The van der Waals surface area contributed by atoms with E-state index in [1.54, 1.807) is 26.8 Å². The number of ether oxygens (including phenoxy) is 3. The van der Waals surface area contributed by atoms with Crippen LogP contribution in [0.25, 0.3) is 5.69 Å². The van der Waals surface area contributed by atoms with Gasteiger partial charge in [-0.1, -0.05) is 11.3 Å². The lowest BCUT2D eigenvalue weighted by Crippen LogP contribution is -2.44. The van der Waals surface area contributed by atoms with Crippen molar-refractivity contribution in [3.05, 3.63) is 65.7 Å². The van der Waals surface area contributed by atoms with E-state index < -0.39 is 36.1 Å². The van der Waals surface area contributed by atoms with Crippen molar-refractivity contribution in [2.24, 2.45) is 0 Å². The number of anilines is 1. The molecule has 1 aliphatic heterocycles. The number of amides is 2. The molecule has 0 aliphatic carbocycles. The van der Waals surface area contributed by atoms with Crippen LogP contribution in [-0.2, 0) is 9.47 Å². The SMILES string of the molecule is CC(C)(C)OC(=O)N1CCO[C@@H](c2ccc(NC(=O)c3cn(-c4ccc(OC(F)F)cc4)nn3)c(F)c2)C1. The van der Waals surface area contributed by atoms with E-state index >= 15 is 0 Å². The zero-order valence-electron chi connectivity index (χ0n) is 20.9. The molecule has 4 rings (SSSR count). The highest BCUT2D eigenvalue weighted by Gasteiger charge is 2.29. The van der Waals surface area contributed by atoms with Gasteiger partial charge in [0.05, 0.1) is 30.7 Å². The van der Waals surface area contributed by atoms with Crippen LogP contribution in [0.5, 0.6) is 5.75 Å². The minimum atomic E-state index is -2.95. The van der Waals surface area contributed by atoms with Gasteiger partial charge in [0.15, 0.2) is 5.69 Å². The molecule has 1 N–H and O–H groups in total. The van der Waals surface area contributed by atoms with Crippen molar-refractivity contribution < 1.29 is 37.0 Å². The van der Waals surface area contributed by atoms with Crippen LogP contribution >= 0.6 is 0 Å². The lowest BCUT2D eigenvalue weighted by atomic mass is 10.1. The number of carbonyl (C=O) groups is 2. The van der Waals surface area contributed by atoms with Crippen LogP contribution < -0.4 is 10.1 Å². The lowest BCUT2D eigenvalue weighted by molar-refractivity contribution is -0.0498. The number of halogens is 3. The number of nitrogens with zero attached hydrogens (tertiary/aromatic N) is 4. The molecule has 10 nitrogen and oxygen atoms in total. The first-order valence-electron chi connectivity index (χ1n) is 11.7. The number of hydrogen-bond donors (Lipinski definition) is 1. The average Bonchev–Trinajstić information content (AvgIpc) is 3.35. The van der Waals surface area contributed by atoms with E-state index in [-0.39, 0.29) is 30.3 Å². The Morgan fingerprint density at radius 2 is 1.89 bits per heavy atom. The third kappa shape index (κ3) is 6.79. The van der Waals surface area contributed by atoms with Crippen molar-refractivity contribution in [1.82, 2.24) is 19.9 Å². The molecule has 2 aromatic carbocycles. The number of morpholine rings is 1. The molecule has 1 aliphatic rings. The van der Waals surface area contributed by atoms with Crippen molar-refractivity contribution in [2.75, 3.05) is 25.0 Å². The van der Waals surface area contributed by atoms with Crippen LogP contribution in [0, 0.1) is 5.82 Å². The van der Waals surface area contributed by atoms with E-state index in [2.05, 4.69) is 20.4 Å². The monoisotopic (exact) mass is 533 g/mol. The maximum Gasteiger partial charge on any atom is 0.410 e. The summed E-state index contributed by atoms with van der Waals surface area (Å²) in [4.78, 5) is 26.5. The summed E-state index contributed by atoms with van der Waals surface area (Å²) in [5.74, 6) is -1.43. The van der Waals surface area contributed by atoms with Gasteiger partial charge in [-0.05, 0) is 62.7 Å². The fraction of sp³-hybridized carbons (Fsp3) is 0.360. The minimum absolute atomic E-state index is 0.0306. The van der Waals surface area contributed by atoms with Crippen molar-refractivity contribution >= 4 is 17.7 Å². The normalized spacial score (nSPS) is 15.9. The van der Waals surface area contributed by atoms with E-state index in [0.29, 0.717) is 17.8 Å². The molecule has 0 saturated carbocycles. The minimum Gasteiger partial charge on any atom is -0.444 e. The standard InChI is InChI=1S/C25H26F3N5O5/c1-25(2,3)38-24(35)32-10-11-36-21(14-32)15-4-9-19(18(26)12-15)29-22(34)20-13-33(31-30-20)16-5-7-17(8-6-16)37-23(27)28/h4-9,12-13,21,23H,10-11,14H2,1-3H3,(H,29,34)/t21-/m1/s1. The van der Waals surface area contributed by atoms with E-state index in [4.69, 9.17) is 9.47 Å². The summed E-state index contributed by atoms with van der Waals surface area (Å²) < 4.78 is 56.2. The maximum absolute atomic E-state index is 14.9. The van der Waals surface area contributed by atoms with Gasteiger partial charge in [0.1, 0.15) is 23.3 Å². The highest BCUT2D eigenvalue weighted by Crippen LogP contribution is 2.27. The summed E-state index contributed by atoms with van der Waals surface area (Å²) in [6.07, 6.45) is 0.277. The smallest absolute Gasteiger partial charge is 0.410 e.